The van der Waals surface area contributed by atoms with Crippen LogP contribution in [0.5, 0.6) is 5.75 Å². The molecule has 4 rings (SSSR count). The number of hydrogen-bond donors (Lipinski definition) is 2. The van der Waals surface area contributed by atoms with Gasteiger partial charge >= 0.3 is 5.97 Å². The van der Waals surface area contributed by atoms with E-state index in [9.17, 15) is 9.35 Å². The zero-order valence-corrected chi connectivity index (χ0v) is 23.7. The van der Waals surface area contributed by atoms with E-state index in [1.165, 1.54) is 0 Å². The maximum atomic E-state index is 12.5. The number of para-hydroxylation sites is 1. The predicted octanol–water partition coefficient (Wildman–Crippen LogP) is 5.79. The van der Waals surface area contributed by atoms with Crippen molar-refractivity contribution in [1.82, 2.24) is 4.72 Å². The largest absolute Gasteiger partial charge is 0.598 e. The molecular weight excluding hydrogens is 512 g/mol. The Morgan fingerprint density at radius 1 is 1.05 bits per heavy atom. The number of benzene rings is 3. The van der Waals surface area contributed by atoms with E-state index in [2.05, 4.69) is 16.9 Å². The molecule has 0 saturated carbocycles. The topological polar surface area (TPSA) is 110 Å². The van der Waals surface area contributed by atoms with Crippen LogP contribution in [0.1, 0.15) is 50.1 Å². The number of hydrogen-bond acceptors (Lipinski definition) is 7. The molecule has 7 nitrogen and oxygen atoms in total. The van der Waals surface area contributed by atoms with Crippen LogP contribution in [0.4, 0.5) is 0 Å². The second-order valence-corrected chi connectivity index (χ2v) is 12.3. The van der Waals surface area contributed by atoms with Gasteiger partial charge in [0.2, 0.25) is 0 Å². The number of carbonyl (C=O) groups is 1. The highest BCUT2D eigenvalue weighted by atomic mass is 32.2. The number of ether oxygens (including phenoxy) is 2. The van der Waals surface area contributed by atoms with Gasteiger partial charge in [0.05, 0.1) is 19.6 Å². The molecule has 0 bridgehead atoms. The van der Waals surface area contributed by atoms with Crippen LogP contribution in [0.15, 0.2) is 71.1 Å². The first kappa shape index (κ1) is 28.7. The van der Waals surface area contributed by atoms with Crippen LogP contribution in [-0.4, -0.2) is 21.9 Å². The Kier molecular flexibility index (Phi) is 9.35. The molecule has 1 aromatic heterocycles. The Bertz CT molecular complexity index is 1430. The number of rotatable bonds is 11. The van der Waals surface area contributed by atoms with Crippen molar-refractivity contribution in [3.8, 4) is 16.9 Å². The van der Waals surface area contributed by atoms with Crippen LogP contribution in [-0.2, 0) is 47.0 Å². The molecule has 0 saturated heterocycles. The molecule has 0 radical (unpaired) electrons. The summed E-state index contributed by atoms with van der Waals surface area (Å²) in [6, 6.07) is 21.6. The molecular formula is C31H36N2O5S. The van der Waals surface area contributed by atoms with Gasteiger partial charge in [-0.05, 0) is 74.7 Å². The second kappa shape index (κ2) is 12.7. The fourth-order valence-corrected chi connectivity index (χ4v) is 4.90. The van der Waals surface area contributed by atoms with Gasteiger partial charge in [-0.3, -0.25) is 4.79 Å². The molecule has 8 heteroatoms. The molecule has 3 aromatic carbocycles. The van der Waals surface area contributed by atoms with Crippen molar-refractivity contribution in [2.75, 3.05) is 6.61 Å². The van der Waals surface area contributed by atoms with Crippen molar-refractivity contribution in [2.24, 2.45) is 5.73 Å². The summed E-state index contributed by atoms with van der Waals surface area (Å²) in [5, 5.41) is 0.919. The summed E-state index contributed by atoms with van der Waals surface area (Å²) < 4.78 is 32.8. The van der Waals surface area contributed by atoms with Gasteiger partial charge in [-0.15, -0.1) is 4.72 Å². The lowest BCUT2D eigenvalue weighted by Crippen LogP contribution is -2.38. The average Bonchev–Trinajstić information content (AvgIpc) is 3.33. The van der Waals surface area contributed by atoms with Crippen LogP contribution in [0, 0.1) is 0 Å². The highest BCUT2D eigenvalue weighted by molar-refractivity contribution is 7.90. The third-order valence-corrected chi connectivity index (χ3v) is 7.66. The van der Waals surface area contributed by atoms with Crippen LogP contribution < -0.4 is 15.2 Å². The van der Waals surface area contributed by atoms with Crippen molar-refractivity contribution < 1.29 is 23.2 Å². The Hall–Kier alpha value is -3.30. The number of esters is 1. The maximum Gasteiger partial charge on any atom is 0.310 e. The molecule has 0 spiro atoms. The van der Waals surface area contributed by atoms with Gasteiger partial charge in [0.1, 0.15) is 28.4 Å². The summed E-state index contributed by atoms with van der Waals surface area (Å²) in [6.45, 7) is 8.98. The van der Waals surface area contributed by atoms with E-state index < -0.39 is 11.4 Å². The van der Waals surface area contributed by atoms with Gasteiger partial charge in [0, 0.05) is 34.4 Å². The van der Waals surface area contributed by atoms with Gasteiger partial charge in [-0.25, -0.2) is 0 Å². The number of carbonyl (C=O) groups excluding carboxylic acids is 1. The van der Waals surface area contributed by atoms with Gasteiger partial charge in [-0.2, -0.15) is 0 Å². The van der Waals surface area contributed by atoms with Crippen LogP contribution in [0.2, 0.25) is 0 Å². The maximum absolute atomic E-state index is 12.5. The number of furan rings is 1. The molecule has 3 N–H and O–H groups in total. The SMILES string of the molecule is CCOC(=O)Cc1ccccc1OCc1cc(-c2cccc(CN)c2)c2oc(CN[S@+]([O-])C(C)(C)C)cc2c1. The van der Waals surface area contributed by atoms with Crippen molar-refractivity contribution in [1.29, 1.82) is 0 Å². The van der Waals surface area contributed by atoms with Crippen LogP contribution in [0.3, 0.4) is 0 Å². The van der Waals surface area contributed by atoms with E-state index in [0.29, 0.717) is 37.8 Å². The van der Waals surface area contributed by atoms with Crippen molar-refractivity contribution in [2.45, 2.75) is 58.6 Å². The van der Waals surface area contributed by atoms with Crippen LogP contribution in [0.25, 0.3) is 22.1 Å². The van der Waals surface area contributed by atoms with Gasteiger partial charge in [-0.1, -0.05) is 36.4 Å². The predicted molar refractivity (Wildman–Crippen MR) is 155 cm³/mol. The minimum absolute atomic E-state index is 0.147. The third kappa shape index (κ3) is 7.42. The molecule has 39 heavy (non-hydrogen) atoms. The fourth-order valence-electron chi connectivity index (χ4n) is 4.19. The standard InChI is InChI=1S/C31H36N2O5S/c1-5-36-29(34)17-24-10-6-7-12-28(24)37-20-22-14-25-16-26(19-33-39(35)31(2,3)4)38-30(25)27(15-22)23-11-8-9-21(13-23)18-32/h6-16,33H,5,17-20,32H2,1-4H3/t39-/m1/s1. The second-order valence-electron chi connectivity index (χ2n) is 10.3. The van der Waals surface area contributed by atoms with E-state index in [-0.39, 0.29) is 17.1 Å². The Morgan fingerprint density at radius 3 is 2.59 bits per heavy atom. The number of nitrogens with two attached hydrogens (primary N) is 1. The zero-order chi connectivity index (χ0) is 28.0. The van der Waals surface area contributed by atoms with E-state index in [1.54, 1.807) is 6.92 Å². The summed E-state index contributed by atoms with van der Waals surface area (Å²) in [4.78, 5) is 12.1. The molecule has 1 atom stereocenters. The molecule has 0 aliphatic rings. The lowest BCUT2D eigenvalue weighted by molar-refractivity contribution is -0.142. The molecule has 1 heterocycles. The third-order valence-electron chi connectivity index (χ3n) is 6.14. The zero-order valence-electron chi connectivity index (χ0n) is 22.9. The average molecular weight is 549 g/mol. The molecule has 0 fully saturated rings. The van der Waals surface area contributed by atoms with Gasteiger partial charge in [0.15, 0.2) is 0 Å². The highest BCUT2D eigenvalue weighted by Crippen LogP contribution is 2.34. The first-order valence-electron chi connectivity index (χ1n) is 13.0. The summed E-state index contributed by atoms with van der Waals surface area (Å²) in [5.41, 5.74) is 11.3. The summed E-state index contributed by atoms with van der Waals surface area (Å²) in [5.74, 6) is 1.04. The molecule has 0 aliphatic carbocycles. The summed E-state index contributed by atoms with van der Waals surface area (Å²) in [7, 11) is 0. The first-order chi connectivity index (χ1) is 18.7. The molecule has 0 unspecified atom stereocenters. The number of nitrogens with one attached hydrogen (secondary N) is 1. The fraction of sp³-hybridized carbons (Fsp3) is 0.323. The monoisotopic (exact) mass is 548 g/mol. The van der Waals surface area contributed by atoms with Crippen molar-refractivity contribution in [3.05, 3.63) is 89.2 Å². The first-order valence-corrected chi connectivity index (χ1v) is 14.2. The molecule has 0 amide bonds. The lowest BCUT2D eigenvalue weighted by Gasteiger charge is -2.23. The van der Waals surface area contributed by atoms with E-state index >= 15 is 0 Å². The minimum Gasteiger partial charge on any atom is -0.598 e. The number of fused-ring (bicyclic) bond motifs is 1. The van der Waals surface area contributed by atoms with Crippen molar-refractivity contribution >= 4 is 28.3 Å². The van der Waals surface area contributed by atoms with E-state index in [1.807, 2.05) is 75.4 Å². The van der Waals surface area contributed by atoms with Crippen LogP contribution >= 0.6 is 0 Å². The smallest absolute Gasteiger partial charge is 0.310 e. The summed E-state index contributed by atoms with van der Waals surface area (Å²) >= 11 is -1.22. The highest BCUT2D eigenvalue weighted by Gasteiger charge is 2.26. The van der Waals surface area contributed by atoms with Crippen molar-refractivity contribution in [3.63, 3.8) is 0 Å². The molecule has 0 aliphatic heterocycles. The normalized spacial score (nSPS) is 12.5. The minimum atomic E-state index is -1.22. The lowest BCUT2D eigenvalue weighted by atomic mass is 9.99. The Morgan fingerprint density at radius 2 is 1.85 bits per heavy atom. The Balaban J connectivity index is 1.65. The van der Waals surface area contributed by atoms with E-state index in [0.717, 1.165) is 38.8 Å². The van der Waals surface area contributed by atoms with E-state index in [4.69, 9.17) is 19.6 Å². The summed E-state index contributed by atoms with van der Waals surface area (Å²) in [6.07, 6.45) is 0.147. The molecule has 4 aromatic rings. The van der Waals surface area contributed by atoms with Gasteiger partial charge in [0.25, 0.3) is 0 Å². The molecule has 206 valence electrons. The Labute approximate surface area is 233 Å². The quantitative estimate of drug-likeness (QED) is 0.180. The van der Waals surface area contributed by atoms with Gasteiger partial charge < -0.3 is 24.2 Å².